The maximum absolute atomic E-state index is 12.8. The van der Waals surface area contributed by atoms with E-state index in [9.17, 15) is 38.5 Å². The summed E-state index contributed by atoms with van der Waals surface area (Å²) in [5, 5.41) is 12.3. The predicted octanol–water partition coefficient (Wildman–Crippen LogP) is -0.243. The summed E-state index contributed by atoms with van der Waals surface area (Å²) >= 11 is 0. The van der Waals surface area contributed by atoms with Gasteiger partial charge in [0.1, 0.15) is 6.04 Å². The molecule has 1 saturated heterocycles. The highest BCUT2D eigenvalue weighted by Gasteiger charge is 2.62. The number of carbonyl (C=O) groups excluding carboxylic acids is 2. The van der Waals surface area contributed by atoms with Crippen LogP contribution in [0.25, 0.3) is 0 Å². The summed E-state index contributed by atoms with van der Waals surface area (Å²) in [5.74, 6) is -1.94. The van der Waals surface area contributed by atoms with E-state index in [1.165, 1.54) is 0 Å². The van der Waals surface area contributed by atoms with E-state index in [1.54, 1.807) is 30.3 Å². The second-order valence-electron chi connectivity index (χ2n) is 7.54. The average Bonchev–Trinajstić information content (AvgIpc) is 3.26. The third kappa shape index (κ3) is 6.46. The molecule has 0 spiro atoms. The van der Waals surface area contributed by atoms with Crippen LogP contribution in [-0.2, 0) is 29.7 Å². The molecule has 32 heavy (non-hydrogen) atoms. The minimum absolute atomic E-state index is 0.116. The summed E-state index contributed by atoms with van der Waals surface area (Å²) in [4.78, 5) is 54.5. The van der Waals surface area contributed by atoms with Gasteiger partial charge in [-0.05, 0) is 37.9 Å². The van der Waals surface area contributed by atoms with E-state index in [0.29, 0.717) is 18.5 Å². The van der Waals surface area contributed by atoms with Crippen LogP contribution in [0.15, 0.2) is 30.3 Å². The zero-order valence-corrected chi connectivity index (χ0v) is 19.1. The molecule has 0 aromatic heterocycles. The second-order valence-corrected chi connectivity index (χ2v) is 11.7. The van der Waals surface area contributed by atoms with Crippen molar-refractivity contribution in [2.45, 2.75) is 49.3 Å². The van der Waals surface area contributed by atoms with Crippen molar-refractivity contribution in [2.24, 2.45) is 5.73 Å². The SMILES string of the molecule is NCCCC(O)(P(=O)(O)O)P(=O)(O)OC(=O)[C@H](Cc1ccccc1)NC(=O)[C@@H]1CCCN1. The number of hydrogen-bond donors (Lipinski definition) is 7. The van der Waals surface area contributed by atoms with E-state index in [0.717, 1.165) is 6.42 Å². The van der Waals surface area contributed by atoms with Crippen LogP contribution in [0, 0.1) is 0 Å². The molecule has 1 aliphatic rings. The average molecular weight is 493 g/mol. The van der Waals surface area contributed by atoms with Crippen molar-refractivity contribution in [1.29, 1.82) is 0 Å². The molecule has 12 nitrogen and oxygen atoms in total. The van der Waals surface area contributed by atoms with Crippen molar-refractivity contribution in [3.8, 4) is 0 Å². The van der Waals surface area contributed by atoms with Gasteiger partial charge in [-0.25, -0.2) is 9.36 Å². The first-order valence-electron chi connectivity index (χ1n) is 10.0. The van der Waals surface area contributed by atoms with E-state index in [4.69, 9.17) is 5.73 Å². The third-order valence-corrected chi connectivity index (χ3v) is 9.36. The molecule has 1 amide bonds. The number of nitrogens with two attached hydrogens (primary N) is 1. The smallest absolute Gasteiger partial charge is 0.388 e. The van der Waals surface area contributed by atoms with Gasteiger partial charge in [0.2, 0.25) is 5.91 Å². The Hall–Kier alpha value is -1.62. The quantitative estimate of drug-likeness (QED) is 0.200. The van der Waals surface area contributed by atoms with Gasteiger partial charge in [0.15, 0.2) is 0 Å². The molecule has 4 atom stereocenters. The van der Waals surface area contributed by atoms with Crippen molar-refractivity contribution >= 4 is 27.1 Å². The number of rotatable bonds is 11. The van der Waals surface area contributed by atoms with Gasteiger partial charge in [-0.3, -0.25) is 9.36 Å². The number of nitrogens with one attached hydrogen (secondary N) is 2. The van der Waals surface area contributed by atoms with Gasteiger partial charge in [0.25, 0.3) is 5.08 Å². The lowest BCUT2D eigenvalue weighted by Gasteiger charge is -2.32. The van der Waals surface area contributed by atoms with E-state index in [2.05, 4.69) is 15.2 Å². The molecule has 14 heteroatoms. The van der Waals surface area contributed by atoms with Crippen LogP contribution in [-0.4, -0.2) is 61.9 Å². The first-order chi connectivity index (χ1) is 14.9. The molecule has 8 N–H and O–H groups in total. The molecule has 0 radical (unpaired) electrons. The van der Waals surface area contributed by atoms with Crippen LogP contribution in [0.1, 0.15) is 31.2 Å². The fourth-order valence-corrected chi connectivity index (χ4v) is 6.12. The molecule has 1 aliphatic heterocycles. The lowest BCUT2D eigenvalue weighted by molar-refractivity contribution is -0.140. The zero-order valence-electron chi connectivity index (χ0n) is 17.3. The maximum atomic E-state index is 12.8. The van der Waals surface area contributed by atoms with E-state index >= 15 is 0 Å². The number of carbonyl (C=O) groups is 2. The van der Waals surface area contributed by atoms with Crippen molar-refractivity contribution in [3.05, 3.63) is 35.9 Å². The first-order valence-corrected chi connectivity index (χ1v) is 13.2. The molecule has 1 fully saturated rings. The van der Waals surface area contributed by atoms with Crippen molar-refractivity contribution in [3.63, 3.8) is 0 Å². The highest BCUT2D eigenvalue weighted by molar-refractivity contribution is 7.72. The van der Waals surface area contributed by atoms with E-state index < -0.39 is 50.7 Å². The Kier molecular flexibility index (Phi) is 9.15. The Labute approximate surface area is 185 Å². The van der Waals surface area contributed by atoms with E-state index in [1.807, 2.05) is 0 Å². The fourth-order valence-electron chi connectivity index (χ4n) is 3.27. The zero-order chi connectivity index (χ0) is 24.0. The summed E-state index contributed by atoms with van der Waals surface area (Å²) in [6.45, 7) is 0.478. The van der Waals surface area contributed by atoms with Crippen molar-refractivity contribution in [2.75, 3.05) is 13.1 Å². The minimum atomic E-state index is -5.63. The molecule has 0 saturated carbocycles. The minimum Gasteiger partial charge on any atom is -0.388 e. The van der Waals surface area contributed by atoms with Gasteiger partial charge in [0, 0.05) is 12.8 Å². The monoisotopic (exact) mass is 493 g/mol. The van der Waals surface area contributed by atoms with Gasteiger partial charge < -0.3 is 40.7 Å². The van der Waals surface area contributed by atoms with Crippen molar-refractivity contribution < 1.29 is 43.0 Å². The summed E-state index contributed by atoms with van der Waals surface area (Å²) in [6.07, 6.45) is 0.0791. The Morgan fingerprint density at radius 3 is 2.44 bits per heavy atom. The number of benzene rings is 1. The van der Waals surface area contributed by atoms with Gasteiger partial charge in [-0.15, -0.1) is 0 Å². The standard InChI is InChI=1S/C18H29N3O9P2/c19-10-5-9-18(24,31(25,26)27)32(28,29)30-17(23)15(12-13-6-2-1-3-7-13)21-16(22)14-8-4-11-20-14/h1-3,6-7,14-15,20,24H,4-5,8-12,19H2,(H,21,22)(H,28,29)(H2,25,26,27)/t14-,15-,18?/m0/s1. The largest absolute Gasteiger partial charge is 0.422 e. The molecule has 0 aliphatic carbocycles. The molecule has 0 bridgehead atoms. The molecule has 1 heterocycles. The fraction of sp³-hybridized carbons (Fsp3) is 0.556. The summed E-state index contributed by atoms with van der Waals surface area (Å²) in [7, 11) is -11.3. The third-order valence-electron chi connectivity index (χ3n) is 5.11. The normalized spacial score (nSPS) is 21.2. The molecule has 1 aromatic rings. The van der Waals surface area contributed by atoms with Gasteiger partial charge in [-0.1, -0.05) is 30.3 Å². The van der Waals surface area contributed by atoms with E-state index in [-0.39, 0.29) is 19.4 Å². The lowest BCUT2D eigenvalue weighted by atomic mass is 10.1. The molecule has 2 rings (SSSR count). The van der Waals surface area contributed by atoms with Gasteiger partial charge >= 0.3 is 21.2 Å². The Morgan fingerprint density at radius 1 is 1.25 bits per heavy atom. The van der Waals surface area contributed by atoms with Crippen LogP contribution in [0.3, 0.4) is 0 Å². The molecule has 180 valence electrons. The molecular weight excluding hydrogens is 464 g/mol. The van der Waals surface area contributed by atoms with Crippen LogP contribution in [0.5, 0.6) is 0 Å². The summed E-state index contributed by atoms with van der Waals surface area (Å²) in [6, 6.07) is 6.43. The Balaban J connectivity index is 2.27. The topological polar surface area (TPSA) is 209 Å². The van der Waals surface area contributed by atoms with Crippen LogP contribution < -0.4 is 16.4 Å². The summed E-state index contributed by atoms with van der Waals surface area (Å²) in [5.41, 5.74) is 5.87. The first kappa shape index (κ1) is 26.6. The van der Waals surface area contributed by atoms with Crippen LogP contribution >= 0.6 is 15.2 Å². The molecule has 1 aromatic carbocycles. The molecule has 2 unspecified atom stereocenters. The Morgan fingerprint density at radius 2 is 1.91 bits per heavy atom. The Bertz CT molecular complexity index is 889. The lowest BCUT2D eigenvalue weighted by Crippen LogP contribution is -2.49. The number of aliphatic hydroxyl groups is 1. The van der Waals surface area contributed by atoms with Gasteiger partial charge in [0.05, 0.1) is 6.04 Å². The van der Waals surface area contributed by atoms with Crippen molar-refractivity contribution in [1.82, 2.24) is 10.6 Å². The highest BCUT2D eigenvalue weighted by atomic mass is 31.2. The van der Waals surface area contributed by atoms with Gasteiger partial charge in [-0.2, -0.15) is 0 Å². The van der Waals surface area contributed by atoms with Crippen LogP contribution in [0.2, 0.25) is 0 Å². The molecular formula is C18H29N3O9P2. The number of amides is 1. The predicted molar refractivity (Wildman–Crippen MR) is 114 cm³/mol. The summed E-state index contributed by atoms with van der Waals surface area (Å²) < 4.78 is 29.1. The highest BCUT2D eigenvalue weighted by Crippen LogP contribution is 2.71. The van der Waals surface area contributed by atoms with Crippen LogP contribution in [0.4, 0.5) is 0 Å². The number of hydrogen-bond acceptors (Lipinski definition) is 8. The second kappa shape index (κ2) is 11.0. The maximum Gasteiger partial charge on any atom is 0.422 e.